The van der Waals surface area contributed by atoms with Crippen molar-refractivity contribution in [2.75, 3.05) is 13.4 Å². The molecule has 0 fully saturated rings. The van der Waals surface area contributed by atoms with Crippen LogP contribution >= 0.6 is 11.8 Å². The number of allylic oxidation sites excluding steroid dienone is 1. The molecule has 0 unspecified atom stereocenters. The van der Waals surface area contributed by atoms with Gasteiger partial charge in [-0.25, -0.2) is 0 Å². The van der Waals surface area contributed by atoms with Crippen molar-refractivity contribution >= 4 is 29.6 Å². The first-order chi connectivity index (χ1) is 12.4. The lowest BCUT2D eigenvalue weighted by molar-refractivity contribution is -0.136. The minimum atomic E-state index is -0.884. The van der Waals surface area contributed by atoms with Crippen LogP contribution in [0.4, 0.5) is 0 Å². The second kappa shape index (κ2) is 8.72. The molecule has 2 rings (SSSR count). The molecule has 0 spiro atoms. The maximum Gasteiger partial charge on any atom is 0.307 e. The fraction of sp³-hybridized carbons (Fsp3) is 0.238. The first kappa shape index (κ1) is 19.8. The molecule has 0 radical (unpaired) electrons. The van der Waals surface area contributed by atoms with Crippen LogP contribution in [-0.2, 0) is 11.2 Å². The topological polar surface area (TPSA) is 63.6 Å². The lowest BCUT2D eigenvalue weighted by atomic mass is 9.95. The smallest absolute Gasteiger partial charge is 0.307 e. The minimum Gasteiger partial charge on any atom is -0.496 e. The summed E-state index contributed by atoms with van der Waals surface area (Å²) in [6.45, 7) is 3.70. The zero-order chi connectivity index (χ0) is 19.3. The third-order valence-corrected chi connectivity index (χ3v) is 4.97. The molecule has 136 valence electrons. The Morgan fingerprint density at radius 3 is 2.38 bits per heavy atom. The molecule has 2 aromatic rings. The molecule has 4 nitrogen and oxygen atoms in total. The molecule has 1 N–H and O–H groups in total. The molecule has 0 aliphatic heterocycles. The summed E-state index contributed by atoms with van der Waals surface area (Å²) in [5, 5.41) is 9.09. The van der Waals surface area contributed by atoms with Gasteiger partial charge in [-0.2, -0.15) is 0 Å². The maximum absolute atomic E-state index is 12.4. The van der Waals surface area contributed by atoms with Gasteiger partial charge in [0.2, 0.25) is 0 Å². The van der Waals surface area contributed by atoms with Gasteiger partial charge in [-0.15, -0.1) is 11.8 Å². The van der Waals surface area contributed by atoms with Gasteiger partial charge in [-0.1, -0.05) is 0 Å². The summed E-state index contributed by atoms with van der Waals surface area (Å²) in [6.07, 6.45) is 5.16. The number of ether oxygens (including phenoxy) is 1. The molecule has 0 aliphatic rings. The number of carbonyl (C=O) groups is 2. The summed E-state index contributed by atoms with van der Waals surface area (Å²) in [4.78, 5) is 24.6. The van der Waals surface area contributed by atoms with E-state index < -0.39 is 5.97 Å². The number of aryl methyl sites for hydroxylation is 1. The molecule has 0 amide bonds. The van der Waals surface area contributed by atoms with E-state index in [4.69, 9.17) is 9.84 Å². The van der Waals surface area contributed by atoms with E-state index in [-0.39, 0.29) is 12.2 Å². The standard InChI is InChI=1S/C21H22O4S/c1-13-11-16(21(25-3)14(2)18(13)12-20(23)24)7-10-19(22)15-5-8-17(26-4)9-6-15/h5-11H,12H2,1-4H3,(H,23,24). The molecule has 0 saturated heterocycles. The van der Waals surface area contributed by atoms with E-state index in [1.165, 1.54) is 6.08 Å². The Bertz CT molecular complexity index is 851. The van der Waals surface area contributed by atoms with Crippen molar-refractivity contribution in [3.05, 3.63) is 64.2 Å². The van der Waals surface area contributed by atoms with Gasteiger partial charge in [0.1, 0.15) is 5.75 Å². The van der Waals surface area contributed by atoms with Crippen molar-refractivity contribution in [3.63, 3.8) is 0 Å². The van der Waals surface area contributed by atoms with Crippen LogP contribution in [0, 0.1) is 13.8 Å². The summed E-state index contributed by atoms with van der Waals surface area (Å²) >= 11 is 1.63. The van der Waals surface area contributed by atoms with Crippen molar-refractivity contribution in [3.8, 4) is 5.75 Å². The van der Waals surface area contributed by atoms with Crippen molar-refractivity contribution < 1.29 is 19.4 Å². The minimum absolute atomic E-state index is 0.0568. The SMILES string of the molecule is COc1c(C=CC(=O)c2ccc(SC)cc2)cc(C)c(CC(=O)O)c1C. The molecule has 0 heterocycles. The van der Waals surface area contributed by atoms with Crippen LogP contribution in [0.5, 0.6) is 5.75 Å². The maximum atomic E-state index is 12.4. The van der Waals surface area contributed by atoms with Crippen LogP contribution in [0.25, 0.3) is 6.08 Å². The van der Waals surface area contributed by atoms with Crippen LogP contribution in [0.3, 0.4) is 0 Å². The molecule has 0 atom stereocenters. The summed E-state index contributed by atoms with van der Waals surface area (Å²) in [7, 11) is 1.54. The number of aliphatic carboxylic acids is 1. The Morgan fingerprint density at radius 2 is 1.85 bits per heavy atom. The van der Waals surface area contributed by atoms with E-state index in [1.54, 1.807) is 24.9 Å². The summed E-state index contributed by atoms with van der Waals surface area (Å²) < 4.78 is 5.46. The van der Waals surface area contributed by atoms with Crippen LogP contribution in [-0.4, -0.2) is 30.2 Å². The fourth-order valence-electron chi connectivity index (χ4n) is 2.87. The zero-order valence-corrected chi connectivity index (χ0v) is 16.1. The van der Waals surface area contributed by atoms with Gasteiger partial charge >= 0.3 is 5.97 Å². The van der Waals surface area contributed by atoms with Crippen LogP contribution in [0.2, 0.25) is 0 Å². The third-order valence-electron chi connectivity index (χ3n) is 4.22. The lowest BCUT2D eigenvalue weighted by Gasteiger charge is -2.15. The molecular weight excluding hydrogens is 348 g/mol. The van der Waals surface area contributed by atoms with Gasteiger partial charge in [-0.05, 0) is 79.3 Å². The number of benzene rings is 2. The van der Waals surface area contributed by atoms with E-state index in [1.807, 2.05) is 50.4 Å². The van der Waals surface area contributed by atoms with E-state index in [2.05, 4.69) is 0 Å². The van der Waals surface area contributed by atoms with Gasteiger partial charge in [0, 0.05) is 16.0 Å². The number of thioether (sulfide) groups is 1. The van der Waals surface area contributed by atoms with Crippen molar-refractivity contribution in [1.29, 1.82) is 0 Å². The average Bonchev–Trinajstić information content (AvgIpc) is 2.63. The Balaban J connectivity index is 2.34. The second-order valence-electron chi connectivity index (χ2n) is 5.92. The van der Waals surface area contributed by atoms with Crippen molar-refractivity contribution in [2.24, 2.45) is 0 Å². The van der Waals surface area contributed by atoms with Crippen molar-refractivity contribution in [1.82, 2.24) is 0 Å². The number of methoxy groups -OCH3 is 1. The predicted molar refractivity (Wildman–Crippen MR) is 105 cm³/mol. The van der Waals surface area contributed by atoms with E-state index in [0.29, 0.717) is 11.3 Å². The Morgan fingerprint density at radius 1 is 1.19 bits per heavy atom. The number of carboxylic acid groups (broad SMARTS) is 1. The highest BCUT2D eigenvalue weighted by Crippen LogP contribution is 2.31. The highest BCUT2D eigenvalue weighted by Gasteiger charge is 2.15. The van der Waals surface area contributed by atoms with E-state index in [9.17, 15) is 9.59 Å². The van der Waals surface area contributed by atoms with Crippen molar-refractivity contribution in [2.45, 2.75) is 25.2 Å². The molecule has 0 aliphatic carbocycles. The number of carboxylic acids is 1. The molecule has 2 aromatic carbocycles. The molecule has 0 saturated carbocycles. The van der Waals surface area contributed by atoms with Crippen LogP contribution < -0.4 is 4.74 Å². The van der Waals surface area contributed by atoms with Gasteiger partial charge in [0.25, 0.3) is 0 Å². The van der Waals surface area contributed by atoms with Gasteiger partial charge in [0.15, 0.2) is 5.78 Å². The zero-order valence-electron chi connectivity index (χ0n) is 15.3. The van der Waals surface area contributed by atoms with Gasteiger partial charge in [0.05, 0.1) is 13.5 Å². The lowest BCUT2D eigenvalue weighted by Crippen LogP contribution is -2.06. The summed E-state index contributed by atoms with van der Waals surface area (Å²) in [5.74, 6) is -0.385. The third kappa shape index (κ3) is 4.55. The van der Waals surface area contributed by atoms with E-state index >= 15 is 0 Å². The summed E-state index contributed by atoms with van der Waals surface area (Å²) in [6, 6.07) is 9.30. The predicted octanol–water partition coefficient (Wildman–Crippen LogP) is 4.56. The number of hydrogen-bond acceptors (Lipinski definition) is 4. The second-order valence-corrected chi connectivity index (χ2v) is 6.80. The molecule has 5 heteroatoms. The molecule has 0 aromatic heterocycles. The average molecular weight is 370 g/mol. The Kier molecular flexibility index (Phi) is 6.64. The fourth-order valence-corrected chi connectivity index (χ4v) is 3.28. The highest BCUT2D eigenvalue weighted by atomic mass is 32.2. The molecular formula is C21H22O4S. The Hall–Kier alpha value is -2.53. The number of ketones is 1. The van der Waals surface area contributed by atoms with Crippen LogP contribution in [0.15, 0.2) is 41.3 Å². The highest BCUT2D eigenvalue weighted by molar-refractivity contribution is 7.98. The molecule has 0 bridgehead atoms. The number of hydrogen-bond donors (Lipinski definition) is 1. The van der Waals surface area contributed by atoms with Gasteiger partial charge in [-0.3, -0.25) is 9.59 Å². The quantitative estimate of drug-likeness (QED) is 0.440. The van der Waals surface area contributed by atoms with Gasteiger partial charge < -0.3 is 9.84 Å². The normalized spacial score (nSPS) is 10.9. The number of carbonyl (C=O) groups excluding carboxylic acids is 1. The molecule has 26 heavy (non-hydrogen) atoms. The monoisotopic (exact) mass is 370 g/mol. The first-order valence-electron chi connectivity index (χ1n) is 8.12. The first-order valence-corrected chi connectivity index (χ1v) is 9.35. The van der Waals surface area contributed by atoms with E-state index in [0.717, 1.165) is 27.1 Å². The summed E-state index contributed by atoms with van der Waals surface area (Å²) in [5.41, 5.74) is 3.76. The largest absolute Gasteiger partial charge is 0.496 e. The number of rotatable bonds is 7. The van der Waals surface area contributed by atoms with Crippen LogP contribution in [0.1, 0.15) is 32.6 Å². The Labute approximate surface area is 157 Å².